The Morgan fingerprint density at radius 1 is 1.47 bits per heavy atom. The van der Waals surface area contributed by atoms with Crippen molar-refractivity contribution in [2.24, 2.45) is 0 Å². The molecule has 1 unspecified atom stereocenters. The van der Waals surface area contributed by atoms with Crippen molar-refractivity contribution in [3.05, 3.63) is 0 Å². The molecule has 0 bridgehead atoms. The number of carbonyl (C=O) groups is 2. The third-order valence-electron chi connectivity index (χ3n) is 3.55. The van der Waals surface area contributed by atoms with Crippen LogP contribution in [-0.2, 0) is 4.79 Å². The molecule has 0 aliphatic heterocycles. The van der Waals surface area contributed by atoms with Crippen LogP contribution < -0.4 is 5.32 Å². The quantitative estimate of drug-likeness (QED) is 0.772. The lowest BCUT2D eigenvalue weighted by molar-refractivity contribution is -0.144. The van der Waals surface area contributed by atoms with E-state index in [-0.39, 0.29) is 12.1 Å². The molecule has 98 valence electrons. The van der Waals surface area contributed by atoms with Crippen molar-refractivity contribution in [2.45, 2.75) is 57.5 Å². The van der Waals surface area contributed by atoms with Crippen LogP contribution in [-0.4, -0.2) is 40.6 Å². The lowest BCUT2D eigenvalue weighted by atomic mass is 9.92. The van der Waals surface area contributed by atoms with Gasteiger partial charge in [0.15, 0.2) is 0 Å². The summed E-state index contributed by atoms with van der Waals surface area (Å²) in [5.41, 5.74) is -1.16. The van der Waals surface area contributed by atoms with E-state index in [0.717, 1.165) is 25.7 Å². The van der Waals surface area contributed by atoms with Crippen LogP contribution in [0.15, 0.2) is 0 Å². The first-order valence-corrected chi connectivity index (χ1v) is 6.19. The molecule has 17 heavy (non-hydrogen) atoms. The fraction of sp³-hybridized carbons (Fsp3) is 0.833. The number of carboxylic acids is 1. The van der Waals surface area contributed by atoms with Gasteiger partial charge in [0.25, 0.3) is 0 Å². The largest absolute Gasteiger partial charge is 0.480 e. The van der Waals surface area contributed by atoms with E-state index in [1.807, 2.05) is 6.92 Å². The van der Waals surface area contributed by atoms with Crippen molar-refractivity contribution in [3.8, 4) is 0 Å². The molecule has 1 aliphatic rings. The Morgan fingerprint density at radius 3 is 2.41 bits per heavy atom. The molecule has 1 atom stereocenters. The minimum absolute atomic E-state index is 0.273. The number of carbonyl (C=O) groups excluding carboxylic acids is 1. The summed E-state index contributed by atoms with van der Waals surface area (Å²) >= 11 is 0. The molecule has 2 N–H and O–H groups in total. The highest BCUT2D eigenvalue weighted by Crippen LogP contribution is 2.24. The first-order chi connectivity index (χ1) is 7.90. The van der Waals surface area contributed by atoms with Gasteiger partial charge < -0.3 is 15.3 Å². The third kappa shape index (κ3) is 3.11. The zero-order valence-electron chi connectivity index (χ0n) is 10.8. The van der Waals surface area contributed by atoms with E-state index < -0.39 is 11.5 Å². The highest BCUT2D eigenvalue weighted by molar-refractivity contribution is 5.85. The van der Waals surface area contributed by atoms with E-state index in [1.54, 1.807) is 18.9 Å². The van der Waals surface area contributed by atoms with Gasteiger partial charge in [-0.2, -0.15) is 0 Å². The molecule has 1 saturated carbocycles. The highest BCUT2D eigenvalue weighted by atomic mass is 16.4. The average Bonchev–Trinajstić information content (AvgIpc) is 2.14. The fourth-order valence-electron chi connectivity index (χ4n) is 1.99. The number of aliphatic carboxylic acids is 1. The summed E-state index contributed by atoms with van der Waals surface area (Å²) in [6.07, 6.45) is 4.33. The Hall–Kier alpha value is -1.26. The topological polar surface area (TPSA) is 69.6 Å². The van der Waals surface area contributed by atoms with Gasteiger partial charge in [-0.25, -0.2) is 9.59 Å². The summed E-state index contributed by atoms with van der Waals surface area (Å²) in [5, 5.41) is 11.8. The van der Waals surface area contributed by atoms with Crippen molar-refractivity contribution in [1.82, 2.24) is 10.2 Å². The standard InChI is InChI=1S/C12H22N2O3/c1-4-8-12(2,10(15)16)13-11(17)14(3)9-6-5-7-9/h9H,4-8H2,1-3H3,(H,13,17)(H,15,16). The summed E-state index contributed by atoms with van der Waals surface area (Å²) in [4.78, 5) is 24.7. The average molecular weight is 242 g/mol. The third-order valence-corrected chi connectivity index (χ3v) is 3.55. The molecule has 5 heteroatoms. The molecule has 0 aromatic heterocycles. The van der Waals surface area contributed by atoms with E-state index in [0.29, 0.717) is 6.42 Å². The number of nitrogens with one attached hydrogen (secondary N) is 1. The van der Waals surface area contributed by atoms with Crippen LogP contribution in [0.4, 0.5) is 4.79 Å². The van der Waals surface area contributed by atoms with Crippen LogP contribution in [0.2, 0.25) is 0 Å². The van der Waals surface area contributed by atoms with Crippen LogP contribution in [0.1, 0.15) is 46.0 Å². The van der Waals surface area contributed by atoms with Gasteiger partial charge >= 0.3 is 12.0 Å². The summed E-state index contributed by atoms with van der Waals surface area (Å²) in [5.74, 6) is -0.977. The molecule has 0 aromatic carbocycles. The van der Waals surface area contributed by atoms with Crippen LogP contribution in [0.25, 0.3) is 0 Å². The second-order valence-electron chi connectivity index (χ2n) is 5.01. The summed E-state index contributed by atoms with van der Waals surface area (Å²) in [6.45, 7) is 3.47. The monoisotopic (exact) mass is 242 g/mol. The Kier molecular flexibility index (Phi) is 4.37. The molecule has 0 aromatic rings. The van der Waals surface area contributed by atoms with Crippen LogP contribution in [0.3, 0.4) is 0 Å². The second kappa shape index (κ2) is 5.38. The van der Waals surface area contributed by atoms with Crippen molar-refractivity contribution >= 4 is 12.0 Å². The Bertz CT molecular complexity index is 302. The maximum Gasteiger partial charge on any atom is 0.329 e. The summed E-state index contributed by atoms with van der Waals surface area (Å²) < 4.78 is 0. The zero-order valence-corrected chi connectivity index (χ0v) is 10.8. The maximum absolute atomic E-state index is 11.9. The van der Waals surface area contributed by atoms with Crippen molar-refractivity contribution in [3.63, 3.8) is 0 Å². The van der Waals surface area contributed by atoms with Gasteiger partial charge in [-0.05, 0) is 32.6 Å². The Morgan fingerprint density at radius 2 is 2.06 bits per heavy atom. The lowest BCUT2D eigenvalue weighted by Gasteiger charge is -2.37. The van der Waals surface area contributed by atoms with Crippen molar-refractivity contribution in [2.75, 3.05) is 7.05 Å². The first-order valence-electron chi connectivity index (χ1n) is 6.19. The lowest BCUT2D eigenvalue weighted by Crippen LogP contribution is -2.57. The number of hydrogen-bond donors (Lipinski definition) is 2. The van der Waals surface area contributed by atoms with E-state index >= 15 is 0 Å². The molecule has 0 heterocycles. The number of carboxylic acid groups (broad SMARTS) is 1. The van der Waals surface area contributed by atoms with E-state index in [2.05, 4.69) is 5.32 Å². The predicted octanol–water partition coefficient (Wildman–Crippen LogP) is 1.82. The molecule has 2 amide bonds. The molecule has 0 saturated heterocycles. The maximum atomic E-state index is 11.9. The van der Waals surface area contributed by atoms with Gasteiger partial charge in [-0.1, -0.05) is 13.3 Å². The molecule has 0 radical (unpaired) electrons. The van der Waals surface area contributed by atoms with Gasteiger partial charge in [-0.3, -0.25) is 0 Å². The molecular formula is C12H22N2O3. The molecule has 5 nitrogen and oxygen atoms in total. The first kappa shape index (κ1) is 13.8. The van der Waals surface area contributed by atoms with E-state index in [4.69, 9.17) is 0 Å². The molecule has 1 rings (SSSR count). The van der Waals surface area contributed by atoms with Gasteiger partial charge in [0, 0.05) is 13.1 Å². The molecule has 1 fully saturated rings. The van der Waals surface area contributed by atoms with Gasteiger partial charge in [0.1, 0.15) is 5.54 Å². The zero-order chi connectivity index (χ0) is 13.1. The Labute approximate surface area is 102 Å². The van der Waals surface area contributed by atoms with Crippen molar-refractivity contribution < 1.29 is 14.7 Å². The number of nitrogens with zero attached hydrogens (tertiary/aromatic N) is 1. The molecular weight excluding hydrogens is 220 g/mol. The number of hydrogen-bond acceptors (Lipinski definition) is 2. The molecule has 0 spiro atoms. The van der Waals surface area contributed by atoms with E-state index in [9.17, 15) is 14.7 Å². The number of amides is 2. The van der Waals surface area contributed by atoms with Crippen molar-refractivity contribution in [1.29, 1.82) is 0 Å². The van der Waals surface area contributed by atoms with Gasteiger partial charge in [-0.15, -0.1) is 0 Å². The summed E-state index contributed by atoms with van der Waals surface area (Å²) in [7, 11) is 1.73. The second-order valence-corrected chi connectivity index (χ2v) is 5.01. The normalized spacial score (nSPS) is 19.0. The minimum atomic E-state index is -1.16. The van der Waals surface area contributed by atoms with Crippen LogP contribution in [0, 0.1) is 0 Å². The SMILES string of the molecule is CCCC(C)(NC(=O)N(C)C1CCC1)C(=O)O. The minimum Gasteiger partial charge on any atom is -0.480 e. The fourth-order valence-corrected chi connectivity index (χ4v) is 1.99. The van der Waals surface area contributed by atoms with E-state index in [1.165, 1.54) is 0 Å². The number of urea groups is 1. The summed E-state index contributed by atoms with van der Waals surface area (Å²) in [6, 6.07) is -0.0114. The van der Waals surface area contributed by atoms with Crippen LogP contribution >= 0.6 is 0 Å². The molecule has 1 aliphatic carbocycles. The predicted molar refractivity (Wildman–Crippen MR) is 64.9 cm³/mol. The van der Waals surface area contributed by atoms with Crippen LogP contribution in [0.5, 0.6) is 0 Å². The Balaban J connectivity index is 2.60. The van der Waals surface area contributed by atoms with Gasteiger partial charge in [0.2, 0.25) is 0 Å². The van der Waals surface area contributed by atoms with Gasteiger partial charge in [0.05, 0.1) is 0 Å². The highest BCUT2D eigenvalue weighted by Gasteiger charge is 2.36. The number of rotatable bonds is 5. The smallest absolute Gasteiger partial charge is 0.329 e.